The lowest BCUT2D eigenvalue weighted by atomic mass is 10.3. The predicted octanol–water partition coefficient (Wildman–Crippen LogP) is 0.983. The molecular weight excluding hydrogens is 118 g/mol. The number of nitrogen functional groups attached to an aromatic ring is 1. The molecule has 9 heavy (non-hydrogen) atoms. The van der Waals surface area contributed by atoms with E-state index in [0.29, 0.717) is 17.6 Å². The van der Waals surface area contributed by atoms with Crippen LogP contribution in [0.4, 0.5) is 5.88 Å². The van der Waals surface area contributed by atoms with Gasteiger partial charge in [0.05, 0.1) is 5.56 Å². The van der Waals surface area contributed by atoms with E-state index in [-0.39, 0.29) is 5.88 Å². The van der Waals surface area contributed by atoms with Gasteiger partial charge in [-0.25, -0.2) is 0 Å². The lowest BCUT2D eigenvalue weighted by molar-refractivity contribution is 0.112. The van der Waals surface area contributed by atoms with Gasteiger partial charge in [-0.2, -0.15) is 0 Å². The van der Waals surface area contributed by atoms with Crippen molar-refractivity contribution < 1.29 is 9.21 Å². The largest absolute Gasteiger partial charge is 0.445 e. The number of carbonyl (C=O) groups excluding carboxylic acids is 1. The van der Waals surface area contributed by atoms with Crippen molar-refractivity contribution in [1.29, 1.82) is 0 Å². The maximum atomic E-state index is 10.1. The van der Waals surface area contributed by atoms with Crippen molar-refractivity contribution in [3.63, 3.8) is 0 Å². The van der Waals surface area contributed by atoms with Crippen LogP contribution >= 0.6 is 0 Å². The van der Waals surface area contributed by atoms with E-state index in [0.717, 1.165) is 0 Å². The Morgan fingerprint density at radius 2 is 2.44 bits per heavy atom. The number of furan rings is 1. The predicted molar refractivity (Wildman–Crippen MR) is 33.2 cm³/mol. The molecule has 0 unspecified atom stereocenters. The highest BCUT2D eigenvalue weighted by atomic mass is 16.4. The summed E-state index contributed by atoms with van der Waals surface area (Å²) in [6.45, 7) is 1.74. The van der Waals surface area contributed by atoms with Gasteiger partial charge in [0.2, 0.25) is 5.88 Å². The maximum absolute atomic E-state index is 10.1. The number of anilines is 1. The van der Waals surface area contributed by atoms with Gasteiger partial charge in [-0.15, -0.1) is 0 Å². The van der Waals surface area contributed by atoms with Crippen molar-refractivity contribution in [1.82, 2.24) is 0 Å². The number of hydrogen-bond acceptors (Lipinski definition) is 3. The summed E-state index contributed by atoms with van der Waals surface area (Å²) in [5.74, 6) is 0.858. The first-order chi connectivity index (χ1) is 4.24. The molecule has 0 amide bonds. The van der Waals surface area contributed by atoms with E-state index in [1.165, 1.54) is 0 Å². The van der Waals surface area contributed by atoms with Crippen LogP contribution in [0.3, 0.4) is 0 Å². The minimum absolute atomic E-state index is 0.197. The van der Waals surface area contributed by atoms with Gasteiger partial charge in [-0.3, -0.25) is 4.79 Å². The number of aldehydes is 1. The van der Waals surface area contributed by atoms with Gasteiger partial charge >= 0.3 is 0 Å². The van der Waals surface area contributed by atoms with Gasteiger partial charge in [-0.1, -0.05) is 0 Å². The monoisotopic (exact) mass is 125 g/mol. The van der Waals surface area contributed by atoms with E-state index in [1.807, 2.05) is 0 Å². The van der Waals surface area contributed by atoms with E-state index in [2.05, 4.69) is 0 Å². The molecule has 0 atom stereocenters. The molecule has 0 saturated heterocycles. The lowest BCUT2D eigenvalue weighted by Gasteiger charge is -1.80. The molecule has 3 nitrogen and oxygen atoms in total. The molecule has 48 valence electrons. The van der Waals surface area contributed by atoms with Crippen LogP contribution < -0.4 is 5.73 Å². The van der Waals surface area contributed by atoms with Crippen molar-refractivity contribution in [3.05, 3.63) is 17.4 Å². The van der Waals surface area contributed by atoms with Crippen molar-refractivity contribution in [2.24, 2.45) is 0 Å². The third-order valence-corrected chi connectivity index (χ3v) is 1.04. The first-order valence-electron chi connectivity index (χ1n) is 2.55. The normalized spacial score (nSPS) is 9.44. The van der Waals surface area contributed by atoms with Crippen LogP contribution in [0.1, 0.15) is 16.1 Å². The van der Waals surface area contributed by atoms with E-state index in [4.69, 9.17) is 10.2 Å². The molecule has 2 N–H and O–H groups in total. The van der Waals surface area contributed by atoms with Gasteiger partial charge < -0.3 is 10.2 Å². The fraction of sp³-hybridized carbons (Fsp3) is 0.167. The summed E-state index contributed by atoms with van der Waals surface area (Å²) in [5, 5.41) is 0. The molecule has 0 saturated carbocycles. The Hall–Kier alpha value is -1.25. The zero-order valence-corrected chi connectivity index (χ0v) is 5.05. The molecular formula is C6H7NO2. The average Bonchev–Trinajstić information content (AvgIpc) is 2.10. The lowest BCUT2D eigenvalue weighted by Crippen LogP contribution is -1.84. The summed E-state index contributed by atoms with van der Waals surface area (Å²) < 4.78 is 4.85. The first-order valence-corrected chi connectivity index (χ1v) is 2.55. The molecule has 1 aromatic rings. The maximum Gasteiger partial charge on any atom is 0.201 e. The summed E-state index contributed by atoms with van der Waals surface area (Å²) in [4.78, 5) is 10.1. The molecule has 0 aliphatic carbocycles. The van der Waals surface area contributed by atoms with E-state index < -0.39 is 0 Å². The van der Waals surface area contributed by atoms with Gasteiger partial charge in [-0.05, 0) is 13.0 Å². The summed E-state index contributed by atoms with van der Waals surface area (Å²) >= 11 is 0. The Morgan fingerprint density at radius 1 is 1.78 bits per heavy atom. The van der Waals surface area contributed by atoms with Crippen LogP contribution in [-0.4, -0.2) is 6.29 Å². The molecule has 0 aromatic carbocycles. The number of carbonyl (C=O) groups is 1. The minimum atomic E-state index is 0.197. The second-order valence-corrected chi connectivity index (χ2v) is 1.79. The molecule has 0 spiro atoms. The topological polar surface area (TPSA) is 56.2 Å². The summed E-state index contributed by atoms with van der Waals surface area (Å²) in [6, 6.07) is 1.60. The highest BCUT2D eigenvalue weighted by molar-refractivity contribution is 5.81. The Bertz CT molecular complexity index is 227. The zero-order valence-electron chi connectivity index (χ0n) is 5.05. The second kappa shape index (κ2) is 1.93. The molecule has 0 bridgehead atoms. The van der Waals surface area contributed by atoms with E-state index >= 15 is 0 Å². The fourth-order valence-electron chi connectivity index (χ4n) is 0.644. The van der Waals surface area contributed by atoms with Crippen LogP contribution in [0.5, 0.6) is 0 Å². The molecule has 1 heterocycles. The van der Waals surface area contributed by atoms with Crippen molar-refractivity contribution in [3.8, 4) is 0 Å². The van der Waals surface area contributed by atoms with Crippen LogP contribution in [0, 0.1) is 6.92 Å². The number of hydrogen-bond donors (Lipinski definition) is 1. The first kappa shape index (κ1) is 5.88. The molecule has 0 fully saturated rings. The quantitative estimate of drug-likeness (QED) is 0.569. The Morgan fingerprint density at radius 3 is 2.67 bits per heavy atom. The standard InChI is InChI=1S/C6H7NO2/c1-4-2-5(3-8)6(7)9-4/h2-3H,7H2,1H3. The molecule has 1 aromatic heterocycles. The minimum Gasteiger partial charge on any atom is -0.445 e. The van der Waals surface area contributed by atoms with Gasteiger partial charge in [0.15, 0.2) is 6.29 Å². The van der Waals surface area contributed by atoms with Gasteiger partial charge in [0.1, 0.15) is 5.76 Å². The number of aryl methyl sites for hydroxylation is 1. The van der Waals surface area contributed by atoms with Crippen LogP contribution in [-0.2, 0) is 0 Å². The van der Waals surface area contributed by atoms with Gasteiger partial charge in [0.25, 0.3) is 0 Å². The molecule has 0 aliphatic rings. The van der Waals surface area contributed by atoms with Crippen molar-refractivity contribution in [2.75, 3.05) is 5.73 Å². The second-order valence-electron chi connectivity index (χ2n) is 1.79. The van der Waals surface area contributed by atoms with Gasteiger partial charge in [0, 0.05) is 0 Å². The smallest absolute Gasteiger partial charge is 0.201 e. The Balaban J connectivity index is 3.15. The van der Waals surface area contributed by atoms with Crippen molar-refractivity contribution in [2.45, 2.75) is 6.92 Å². The Labute approximate surface area is 52.5 Å². The fourth-order valence-corrected chi connectivity index (χ4v) is 0.644. The summed E-state index contributed by atoms with van der Waals surface area (Å²) in [5.41, 5.74) is 5.68. The molecule has 3 heteroatoms. The average molecular weight is 125 g/mol. The van der Waals surface area contributed by atoms with E-state index in [9.17, 15) is 4.79 Å². The third-order valence-electron chi connectivity index (χ3n) is 1.04. The number of rotatable bonds is 1. The van der Waals surface area contributed by atoms with Crippen LogP contribution in [0.2, 0.25) is 0 Å². The van der Waals surface area contributed by atoms with Crippen LogP contribution in [0.15, 0.2) is 10.5 Å². The number of nitrogens with two attached hydrogens (primary N) is 1. The highest BCUT2D eigenvalue weighted by Crippen LogP contribution is 2.13. The Kier molecular flexibility index (Phi) is 1.26. The molecule has 0 radical (unpaired) electrons. The SMILES string of the molecule is Cc1cc(C=O)c(N)o1. The zero-order chi connectivity index (χ0) is 6.85. The third kappa shape index (κ3) is 0.937. The van der Waals surface area contributed by atoms with E-state index in [1.54, 1.807) is 13.0 Å². The van der Waals surface area contributed by atoms with Crippen molar-refractivity contribution >= 4 is 12.2 Å². The molecule has 1 rings (SSSR count). The molecule has 0 aliphatic heterocycles. The summed E-state index contributed by atoms with van der Waals surface area (Å²) in [7, 11) is 0. The highest BCUT2D eigenvalue weighted by Gasteiger charge is 2.01. The van der Waals surface area contributed by atoms with Crippen LogP contribution in [0.25, 0.3) is 0 Å². The summed E-state index contributed by atoms with van der Waals surface area (Å²) in [6.07, 6.45) is 0.672.